The first-order chi connectivity index (χ1) is 12.9. The molecule has 6 nitrogen and oxygen atoms in total. The fraction of sp³-hybridized carbons (Fsp3) is 0.286. The number of carbonyl (C=O) groups excluding carboxylic acids is 3. The molecule has 0 saturated carbocycles. The quantitative estimate of drug-likeness (QED) is 0.555. The summed E-state index contributed by atoms with van der Waals surface area (Å²) in [5.41, 5.74) is 2.01. The number of Topliss-reactive ketones (excluding diaryl/α,β-unsaturated/α-hetero) is 1. The maximum Gasteiger partial charge on any atom is 0.255 e. The predicted octanol–water partition coefficient (Wildman–Crippen LogP) is 2.82. The van der Waals surface area contributed by atoms with Gasteiger partial charge >= 0.3 is 0 Å². The Balaban J connectivity index is 1.98. The van der Waals surface area contributed by atoms with Crippen LogP contribution in [0.1, 0.15) is 44.4 Å². The summed E-state index contributed by atoms with van der Waals surface area (Å²) in [7, 11) is 3.97. The zero-order valence-electron chi connectivity index (χ0n) is 15.9. The van der Waals surface area contributed by atoms with E-state index in [0.29, 0.717) is 28.9 Å². The second kappa shape index (κ2) is 9.64. The summed E-state index contributed by atoms with van der Waals surface area (Å²) < 4.78 is 0. The van der Waals surface area contributed by atoms with Crippen LogP contribution in [0.2, 0.25) is 0 Å². The van der Waals surface area contributed by atoms with Gasteiger partial charge in [0.2, 0.25) is 0 Å². The molecular formula is C21H25N3O3. The molecule has 0 atom stereocenters. The summed E-state index contributed by atoms with van der Waals surface area (Å²) in [5, 5.41) is 5.63. The lowest BCUT2D eigenvalue weighted by Crippen LogP contribution is -2.27. The molecule has 0 aliphatic carbocycles. The first kappa shape index (κ1) is 20.3. The van der Waals surface area contributed by atoms with Crippen molar-refractivity contribution in [3.05, 3.63) is 65.2 Å². The third kappa shape index (κ3) is 6.34. The average Bonchev–Trinajstić information content (AvgIpc) is 2.65. The molecule has 0 fully saturated rings. The summed E-state index contributed by atoms with van der Waals surface area (Å²) >= 11 is 0. The number of ketones is 1. The number of rotatable bonds is 8. The van der Waals surface area contributed by atoms with Gasteiger partial charge in [-0.15, -0.1) is 0 Å². The first-order valence-corrected chi connectivity index (χ1v) is 8.82. The van der Waals surface area contributed by atoms with E-state index in [0.717, 1.165) is 13.0 Å². The van der Waals surface area contributed by atoms with E-state index in [1.165, 1.54) is 6.92 Å². The highest BCUT2D eigenvalue weighted by atomic mass is 16.2. The Morgan fingerprint density at radius 2 is 1.52 bits per heavy atom. The van der Waals surface area contributed by atoms with E-state index in [1.54, 1.807) is 48.5 Å². The van der Waals surface area contributed by atoms with E-state index in [4.69, 9.17) is 0 Å². The molecule has 0 aliphatic rings. The van der Waals surface area contributed by atoms with Gasteiger partial charge in [-0.2, -0.15) is 0 Å². The molecule has 0 aromatic heterocycles. The minimum atomic E-state index is -0.312. The van der Waals surface area contributed by atoms with Crippen molar-refractivity contribution in [2.24, 2.45) is 0 Å². The van der Waals surface area contributed by atoms with E-state index in [1.807, 2.05) is 14.1 Å². The molecular weight excluding hydrogens is 342 g/mol. The molecule has 6 heteroatoms. The van der Waals surface area contributed by atoms with Gasteiger partial charge in [-0.1, -0.05) is 6.07 Å². The highest BCUT2D eigenvalue weighted by Gasteiger charge is 2.11. The van der Waals surface area contributed by atoms with Crippen molar-refractivity contribution in [3.63, 3.8) is 0 Å². The van der Waals surface area contributed by atoms with Crippen LogP contribution < -0.4 is 10.6 Å². The van der Waals surface area contributed by atoms with Gasteiger partial charge in [0, 0.05) is 28.9 Å². The van der Waals surface area contributed by atoms with Crippen LogP contribution >= 0.6 is 0 Å². The van der Waals surface area contributed by atoms with Crippen molar-refractivity contribution in [2.45, 2.75) is 13.3 Å². The Bertz CT molecular complexity index is 814. The summed E-state index contributed by atoms with van der Waals surface area (Å²) in [6.45, 7) is 2.96. The maximum absolute atomic E-state index is 12.4. The molecule has 2 N–H and O–H groups in total. The number of nitrogens with one attached hydrogen (secondary N) is 2. The standard InChI is InChI=1S/C21H25N3O3/c1-15(25)16-8-10-19(11-9-16)23-21(27)18-7-4-6-17(14-18)20(26)22-12-5-13-24(2)3/h4,6-11,14H,5,12-13H2,1-3H3,(H,22,26)(H,23,27). The van der Waals surface area contributed by atoms with E-state index >= 15 is 0 Å². The van der Waals surface area contributed by atoms with Crippen molar-refractivity contribution < 1.29 is 14.4 Å². The number of nitrogens with zero attached hydrogens (tertiary/aromatic N) is 1. The molecule has 2 aromatic rings. The van der Waals surface area contributed by atoms with E-state index in [2.05, 4.69) is 15.5 Å². The molecule has 27 heavy (non-hydrogen) atoms. The SMILES string of the molecule is CC(=O)c1ccc(NC(=O)c2cccc(C(=O)NCCCN(C)C)c2)cc1. The van der Waals surface area contributed by atoms with Crippen LogP contribution in [0.3, 0.4) is 0 Å². The van der Waals surface area contributed by atoms with E-state index < -0.39 is 0 Å². The van der Waals surface area contributed by atoms with Crippen LogP contribution in [0.5, 0.6) is 0 Å². The van der Waals surface area contributed by atoms with Gasteiger partial charge in [0.15, 0.2) is 5.78 Å². The second-order valence-electron chi connectivity index (χ2n) is 6.58. The largest absolute Gasteiger partial charge is 0.352 e. The van der Waals surface area contributed by atoms with Crippen LogP contribution in [-0.4, -0.2) is 49.7 Å². The van der Waals surface area contributed by atoms with Crippen molar-refractivity contribution >= 4 is 23.3 Å². The van der Waals surface area contributed by atoms with Crippen molar-refractivity contribution in [1.82, 2.24) is 10.2 Å². The minimum absolute atomic E-state index is 0.0304. The highest BCUT2D eigenvalue weighted by Crippen LogP contribution is 2.13. The summed E-state index contributed by atoms with van der Waals surface area (Å²) in [4.78, 5) is 38.0. The number of carbonyl (C=O) groups is 3. The van der Waals surface area contributed by atoms with Crippen molar-refractivity contribution in [2.75, 3.05) is 32.5 Å². The molecule has 2 amide bonds. The summed E-state index contributed by atoms with van der Waals surface area (Å²) in [6.07, 6.45) is 0.856. The summed E-state index contributed by atoms with van der Waals surface area (Å²) in [6, 6.07) is 13.3. The van der Waals surface area contributed by atoms with E-state index in [9.17, 15) is 14.4 Å². The van der Waals surface area contributed by atoms with Crippen molar-refractivity contribution in [3.8, 4) is 0 Å². The molecule has 142 valence electrons. The first-order valence-electron chi connectivity index (χ1n) is 8.82. The molecule has 0 unspecified atom stereocenters. The normalized spacial score (nSPS) is 10.5. The Morgan fingerprint density at radius 1 is 0.889 bits per heavy atom. The molecule has 0 bridgehead atoms. The average molecular weight is 367 g/mol. The Labute approximate surface area is 159 Å². The lowest BCUT2D eigenvalue weighted by atomic mass is 10.1. The smallest absolute Gasteiger partial charge is 0.255 e. The van der Waals surface area contributed by atoms with Crippen LogP contribution in [0.25, 0.3) is 0 Å². The molecule has 0 radical (unpaired) electrons. The number of benzene rings is 2. The molecule has 0 saturated heterocycles. The number of hydrogen-bond donors (Lipinski definition) is 2. The molecule has 0 spiro atoms. The van der Waals surface area contributed by atoms with Gasteiger partial charge in [-0.25, -0.2) is 0 Å². The van der Waals surface area contributed by atoms with Gasteiger partial charge in [0.25, 0.3) is 11.8 Å². The van der Waals surface area contributed by atoms with E-state index in [-0.39, 0.29) is 17.6 Å². The Hall–Kier alpha value is -2.99. The van der Waals surface area contributed by atoms with Crippen LogP contribution in [-0.2, 0) is 0 Å². The fourth-order valence-corrected chi connectivity index (χ4v) is 2.49. The monoisotopic (exact) mass is 367 g/mol. The minimum Gasteiger partial charge on any atom is -0.352 e. The van der Waals surface area contributed by atoms with Gasteiger partial charge in [-0.05, 0) is 76.4 Å². The van der Waals surface area contributed by atoms with Crippen molar-refractivity contribution in [1.29, 1.82) is 0 Å². The number of hydrogen-bond acceptors (Lipinski definition) is 4. The fourth-order valence-electron chi connectivity index (χ4n) is 2.49. The summed E-state index contributed by atoms with van der Waals surface area (Å²) in [5.74, 6) is -0.542. The Kier molecular flexibility index (Phi) is 7.25. The Morgan fingerprint density at radius 3 is 2.11 bits per heavy atom. The van der Waals surface area contributed by atoms with Gasteiger partial charge in [-0.3, -0.25) is 14.4 Å². The second-order valence-corrected chi connectivity index (χ2v) is 6.58. The van der Waals surface area contributed by atoms with Gasteiger partial charge < -0.3 is 15.5 Å². The van der Waals surface area contributed by atoms with Crippen LogP contribution in [0.15, 0.2) is 48.5 Å². The van der Waals surface area contributed by atoms with Crippen LogP contribution in [0.4, 0.5) is 5.69 Å². The zero-order valence-corrected chi connectivity index (χ0v) is 15.9. The molecule has 0 aliphatic heterocycles. The lowest BCUT2D eigenvalue weighted by Gasteiger charge is -2.10. The lowest BCUT2D eigenvalue weighted by molar-refractivity contribution is 0.0951. The zero-order chi connectivity index (χ0) is 19.8. The molecule has 2 aromatic carbocycles. The molecule has 0 heterocycles. The number of amides is 2. The van der Waals surface area contributed by atoms with Crippen LogP contribution in [0, 0.1) is 0 Å². The van der Waals surface area contributed by atoms with Gasteiger partial charge in [0.05, 0.1) is 0 Å². The predicted molar refractivity (Wildman–Crippen MR) is 106 cm³/mol. The third-order valence-corrected chi connectivity index (χ3v) is 4.00. The van der Waals surface area contributed by atoms with Gasteiger partial charge in [0.1, 0.15) is 0 Å². The highest BCUT2D eigenvalue weighted by molar-refractivity contribution is 6.06. The topological polar surface area (TPSA) is 78.5 Å². The maximum atomic E-state index is 12.4. The third-order valence-electron chi connectivity index (χ3n) is 4.00. The molecule has 2 rings (SSSR count). The number of anilines is 1.